The quantitative estimate of drug-likeness (QED) is 0.683. The number of carbonyl (C=O) groups excluding carboxylic acids is 1. The monoisotopic (exact) mass is 218 g/mol. The molecule has 88 valence electrons. The van der Waals surface area contributed by atoms with Gasteiger partial charge in [-0.05, 0) is 47.7 Å². The van der Waals surface area contributed by atoms with E-state index in [9.17, 15) is 4.79 Å². The number of carbonyl (C=O) groups is 1. The van der Waals surface area contributed by atoms with Crippen LogP contribution in [0.5, 0.6) is 0 Å². The summed E-state index contributed by atoms with van der Waals surface area (Å²) in [5, 5.41) is 0. The van der Waals surface area contributed by atoms with Gasteiger partial charge in [-0.1, -0.05) is 39.8 Å². The van der Waals surface area contributed by atoms with Crippen LogP contribution in [0.2, 0.25) is 0 Å². The molecule has 0 N–H and O–H groups in total. The van der Waals surface area contributed by atoms with Crippen molar-refractivity contribution < 1.29 is 4.79 Å². The van der Waals surface area contributed by atoms with Gasteiger partial charge in [0.25, 0.3) is 0 Å². The van der Waals surface area contributed by atoms with Gasteiger partial charge in [0.05, 0.1) is 0 Å². The van der Waals surface area contributed by atoms with Crippen molar-refractivity contribution in [2.75, 3.05) is 0 Å². The number of allylic oxidation sites excluding steroid dienone is 4. The van der Waals surface area contributed by atoms with E-state index in [-0.39, 0.29) is 10.8 Å². The Morgan fingerprint density at radius 2 is 1.31 bits per heavy atom. The Kier molecular flexibility index (Phi) is 2.60. The number of rotatable bonds is 2. The van der Waals surface area contributed by atoms with Crippen molar-refractivity contribution in [2.45, 2.75) is 53.4 Å². The molecule has 0 fully saturated rings. The van der Waals surface area contributed by atoms with Crippen molar-refractivity contribution in [1.29, 1.82) is 0 Å². The molecule has 0 bridgehead atoms. The van der Waals surface area contributed by atoms with Crippen LogP contribution in [0, 0.1) is 10.8 Å². The van der Waals surface area contributed by atoms with Gasteiger partial charge in [0.2, 0.25) is 0 Å². The second-order valence-electron chi connectivity index (χ2n) is 6.65. The fourth-order valence-corrected chi connectivity index (χ4v) is 2.71. The maximum Gasteiger partial charge on any atom is 0.184 e. The lowest BCUT2D eigenvalue weighted by Gasteiger charge is -2.11. The maximum atomic E-state index is 12.3. The molecule has 0 aromatic rings. The smallest absolute Gasteiger partial charge is 0.184 e. The largest absolute Gasteiger partial charge is 0.289 e. The molecule has 1 nitrogen and oxygen atoms in total. The van der Waals surface area contributed by atoms with Gasteiger partial charge in [0.1, 0.15) is 0 Å². The molecule has 0 aromatic carbocycles. The van der Waals surface area contributed by atoms with E-state index in [1.54, 1.807) is 0 Å². The van der Waals surface area contributed by atoms with Crippen LogP contribution < -0.4 is 0 Å². The summed E-state index contributed by atoms with van der Waals surface area (Å²) < 4.78 is 0. The summed E-state index contributed by atoms with van der Waals surface area (Å²) in [4.78, 5) is 12.3. The molecular formula is C15H22O. The molecule has 0 unspecified atom stereocenters. The van der Waals surface area contributed by atoms with Gasteiger partial charge in [-0.15, -0.1) is 0 Å². The molecule has 0 radical (unpaired) electrons. The standard InChI is InChI=1S/C15H22O/c1-14(2)7-5-11(9-14)13(16)12-6-8-15(3,4)10-12/h9-10H,5-8H2,1-4H3. The van der Waals surface area contributed by atoms with Crippen LogP contribution in [0.25, 0.3) is 0 Å². The zero-order valence-electron chi connectivity index (χ0n) is 10.9. The Bertz CT molecular complexity index is 344. The van der Waals surface area contributed by atoms with Crippen molar-refractivity contribution in [3.8, 4) is 0 Å². The lowest BCUT2D eigenvalue weighted by atomic mass is 9.94. The van der Waals surface area contributed by atoms with Crippen LogP contribution in [-0.2, 0) is 4.79 Å². The van der Waals surface area contributed by atoms with E-state index in [2.05, 4.69) is 39.8 Å². The Hall–Kier alpha value is -0.850. The molecule has 2 rings (SSSR count). The Labute approximate surface area is 98.6 Å². The van der Waals surface area contributed by atoms with Crippen LogP contribution in [0.4, 0.5) is 0 Å². The highest BCUT2D eigenvalue weighted by Crippen LogP contribution is 2.40. The van der Waals surface area contributed by atoms with E-state index in [1.807, 2.05) is 0 Å². The highest BCUT2D eigenvalue weighted by molar-refractivity contribution is 6.08. The molecule has 0 atom stereocenters. The summed E-state index contributed by atoms with van der Waals surface area (Å²) in [5.74, 6) is 0.316. The highest BCUT2D eigenvalue weighted by Gasteiger charge is 2.31. The Morgan fingerprint density at radius 1 is 0.938 bits per heavy atom. The van der Waals surface area contributed by atoms with Gasteiger partial charge in [0, 0.05) is 0 Å². The van der Waals surface area contributed by atoms with Crippen molar-refractivity contribution in [3.63, 3.8) is 0 Å². The van der Waals surface area contributed by atoms with E-state index in [0.717, 1.165) is 36.8 Å². The minimum Gasteiger partial charge on any atom is -0.289 e. The topological polar surface area (TPSA) is 17.1 Å². The van der Waals surface area contributed by atoms with Crippen molar-refractivity contribution in [2.24, 2.45) is 10.8 Å². The molecule has 2 aliphatic carbocycles. The third kappa shape index (κ3) is 2.28. The molecule has 0 heterocycles. The predicted molar refractivity (Wildman–Crippen MR) is 67.2 cm³/mol. The third-order valence-corrected chi connectivity index (χ3v) is 3.79. The summed E-state index contributed by atoms with van der Waals surface area (Å²) >= 11 is 0. The first-order chi connectivity index (χ1) is 7.29. The molecule has 0 aliphatic heterocycles. The highest BCUT2D eigenvalue weighted by atomic mass is 16.1. The summed E-state index contributed by atoms with van der Waals surface area (Å²) in [6.07, 6.45) is 8.52. The Morgan fingerprint density at radius 3 is 1.56 bits per heavy atom. The van der Waals surface area contributed by atoms with Gasteiger partial charge in [-0.3, -0.25) is 4.79 Å². The third-order valence-electron chi connectivity index (χ3n) is 3.79. The van der Waals surface area contributed by atoms with E-state index < -0.39 is 0 Å². The van der Waals surface area contributed by atoms with Gasteiger partial charge < -0.3 is 0 Å². The lowest BCUT2D eigenvalue weighted by Crippen LogP contribution is -2.03. The lowest BCUT2D eigenvalue weighted by molar-refractivity contribution is -0.112. The number of Topliss-reactive ketones (excluding diaryl/α,β-unsaturated/α-hetero) is 1. The van der Waals surface area contributed by atoms with Crippen LogP contribution in [0.3, 0.4) is 0 Å². The zero-order chi connectivity index (χ0) is 12.0. The fourth-order valence-electron chi connectivity index (χ4n) is 2.71. The van der Waals surface area contributed by atoms with E-state index in [0.29, 0.717) is 5.78 Å². The van der Waals surface area contributed by atoms with Crippen LogP contribution in [0.15, 0.2) is 23.3 Å². The number of hydrogen-bond donors (Lipinski definition) is 0. The molecule has 0 spiro atoms. The molecular weight excluding hydrogens is 196 g/mol. The van der Waals surface area contributed by atoms with Gasteiger partial charge in [-0.2, -0.15) is 0 Å². The second kappa shape index (κ2) is 3.58. The van der Waals surface area contributed by atoms with Crippen molar-refractivity contribution in [3.05, 3.63) is 23.3 Å². The number of hydrogen-bond acceptors (Lipinski definition) is 1. The van der Waals surface area contributed by atoms with E-state index in [1.165, 1.54) is 0 Å². The molecule has 0 aromatic heterocycles. The summed E-state index contributed by atoms with van der Waals surface area (Å²) in [6.45, 7) is 8.83. The summed E-state index contributed by atoms with van der Waals surface area (Å²) in [6, 6.07) is 0. The predicted octanol–water partition coefficient (Wildman–Crippen LogP) is 4.05. The van der Waals surface area contributed by atoms with Crippen molar-refractivity contribution in [1.82, 2.24) is 0 Å². The van der Waals surface area contributed by atoms with E-state index in [4.69, 9.17) is 0 Å². The molecule has 1 heteroatoms. The normalized spacial score (nSPS) is 26.5. The minimum absolute atomic E-state index is 0.222. The maximum absolute atomic E-state index is 12.3. The second-order valence-corrected chi connectivity index (χ2v) is 6.65. The first-order valence-electron chi connectivity index (χ1n) is 6.27. The van der Waals surface area contributed by atoms with Crippen molar-refractivity contribution >= 4 is 5.78 Å². The fraction of sp³-hybridized carbons (Fsp3) is 0.667. The first kappa shape index (κ1) is 11.6. The zero-order valence-corrected chi connectivity index (χ0v) is 10.9. The SMILES string of the molecule is CC1(C)C=C(C(=O)C2=CC(C)(C)CC2)CC1. The number of ketones is 1. The molecule has 0 amide bonds. The molecule has 16 heavy (non-hydrogen) atoms. The van der Waals surface area contributed by atoms with Gasteiger partial charge in [-0.25, -0.2) is 0 Å². The van der Waals surface area contributed by atoms with Gasteiger partial charge >= 0.3 is 0 Å². The average Bonchev–Trinajstić information content (AvgIpc) is 2.68. The average molecular weight is 218 g/mol. The van der Waals surface area contributed by atoms with Crippen LogP contribution in [0.1, 0.15) is 53.4 Å². The molecule has 0 saturated carbocycles. The molecule has 2 aliphatic rings. The Balaban J connectivity index is 2.17. The molecule has 0 saturated heterocycles. The summed E-state index contributed by atoms with van der Waals surface area (Å²) in [7, 11) is 0. The first-order valence-corrected chi connectivity index (χ1v) is 6.27. The van der Waals surface area contributed by atoms with Crippen LogP contribution >= 0.6 is 0 Å². The van der Waals surface area contributed by atoms with E-state index >= 15 is 0 Å². The van der Waals surface area contributed by atoms with Crippen LogP contribution in [-0.4, -0.2) is 5.78 Å². The summed E-state index contributed by atoms with van der Waals surface area (Å²) in [5.41, 5.74) is 2.54. The van der Waals surface area contributed by atoms with Gasteiger partial charge in [0.15, 0.2) is 5.78 Å². The minimum atomic E-state index is 0.222.